The third-order valence-electron chi connectivity index (χ3n) is 4.33. The minimum Gasteiger partial charge on any atom is -0.327 e. The first-order chi connectivity index (χ1) is 9.10. The van der Waals surface area contributed by atoms with Gasteiger partial charge in [0.05, 0.1) is 5.02 Å². The molecule has 0 saturated heterocycles. The Morgan fingerprint density at radius 3 is 2.84 bits per heavy atom. The molecule has 3 atom stereocenters. The van der Waals surface area contributed by atoms with Crippen LogP contribution in [0.5, 0.6) is 0 Å². The molecule has 1 aliphatic carbocycles. The van der Waals surface area contributed by atoms with Gasteiger partial charge >= 0.3 is 0 Å². The Morgan fingerprint density at radius 2 is 2.16 bits per heavy atom. The molecule has 1 fully saturated rings. The van der Waals surface area contributed by atoms with E-state index in [0.29, 0.717) is 5.92 Å². The fraction of sp³-hybridized carbons (Fsp3) is 0.625. The summed E-state index contributed by atoms with van der Waals surface area (Å²) < 4.78 is 13.5. The smallest absolute Gasteiger partial charge is 0.142 e. The molecule has 0 spiro atoms. The number of hydrogen-bond donors (Lipinski definition) is 1. The van der Waals surface area contributed by atoms with Crippen LogP contribution in [-0.4, -0.2) is 6.04 Å². The molecule has 19 heavy (non-hydrogen) atoms. The summed E-state index contributed by atoms with van der Waals surface area (Å²) in [7, 11) is 0. The van der Waals surface area contributed by atoms with Gasteiger partial charge in [-0.05, 0) is 55.2 Å². The van der Waals surface area contributed by atoms with Crippen LogP contribution in [-0.2, 0) is 6.42 Å². The van der Waals surface area contributed by atoms with Gasteiger partial charge in [0.1, 0.15) is 5.82 Å². The van der Waals surface area contributed by atoms with Crippen LogP contribution >= 0.6 is 11.6 Å². The van der Waals surface area contributed by atoms with Crippen molar-refractivity contribution in [2.75, 3.05) is 0 Å². The second kappa shape index (κ2) is 6.71. The lowest BCUT2D eigenvalue weighted by Crippen LogP contribution is -2.37. The summed E-state index contributed by atoms with van der Waals surface area (Å²) in [6.07, 6.45) is 6.93. The van der Waals surface area contributed by atoms with Crippen LogP contribution in [0.15, 0.2) is 18.2 Å². The molecule has 2 N–H and O–H groups in total. The zero-order valence-corrected chi connectivity index (χ0v) is 12.3. The molecule has 1 nitrogen and oxygen atoms in total. The average molecular weight is 284 g/mol. The van der Waals surface area contributed by atoms with Gasteiger partial charge in [-0.3, -0.25) is 0 Å². The Bertz CT molecular complexity index is 421. The quantitative estimate of drug-likeness (QED) is 0.861. The SMILES string of the molecule is CCCC1CCC(N)C(Cc2ccc(Cl)c(F)c2)C1. The van der Waals surface area contributed by atoms with Crippen LogP contribution in [0.3, 0.4) is 0 Å². The van der Waals surface area contributed by atoms with E-state index in [1.165, 1.54) is 25.7 Å². The minimum atomic E-state index is -0.325. The van der Waals surface area contributed by atoms with Crippen LogP contribution in [0.25, 0.3) is 0 Å². The van der Waals surface area contributed by atoms with Crippen LogP contribution in [0, 0.1) is 17.7 Å². The highest BCUT2D eigenvalue weighted by Crippen LogP contribution is 2.33. The van der Waals surface area contributed by atoms with E-state index in [1.807, 2.05) is 6.07 Å². The highest BCUT2D eigenvalue weighted by atomic mass is 35.5. The topological polar surface area (TPSA) is 26.0 Å². The lowest BCUT2D eigenvalue weighted by molar-refractivity contribution is 0.221. The van der Waals surface area contributed by atoms with Crippen molar-refractivity contribution in [1.29, 1.82) is 0 Å². The molecule has 0 heterocycles. The van der Waals surface area contributed by atoms with Crippen molar-refractivity contribution in [2.45, 2.75) is 51.5 Å². The fourth-order valence-corrected chi connectivity index (χ4v) is 3.38. The molecular formula is C16H23ClFN. The lowest BCUT2D eigenvalue weighted by atomic mass is 9.74. The van der Waals surface area contributed by atoms with Gasteiger partial charge in [0, 0.05) is 6.04 Å². The van der Waals surface area contributed by atoms with Crippen molar-refractivity contribution in [1.82, 2.24) is 0 Å². The zero-order valence-electron chi connectivity index (χ0n) is 11.5. The Balaban J connectivity index is 2.01. The Labute approximate surface area is 120 Å². The molecule has 1 aliphatic rings. The molecule has 3 unspecified atom stereocenters. The monoisotopic (exact) mass is 283 g/mol. The van der Waals surface area contributed by atoms with Crippen LogP contribution in [0.1, 0.15) is 44.6 Å². The number of halogens is 2. The highest BCUT2D eigenvalue weighted by Gasteiger charge is 2.27. The van der Waals surface area contributed by atoms with E-state index in [4.69, 9.17) is 17.3 Å². The Hall–Kier alpha value is -0.600. The number of benzene rings is 1. The normalized spacial score (nSPS) is 27.5. The maximum absolute atomic E-state index is 13.5. The van der Waals surface area contributed by atoms with Gasteiger partial charge in [-0.1, -0.05) is 37.4 Å². The zero-order chi connectivity index (χ0) is 13.8. The van der Waals surface area contributed by atoms with Crippen molar-refractivity contribution < 1.29 is 4.39 Å². The lowest BCUT2D eigenvalue weighted by Gasteiger charge is -2.34. The second-order valence-electron chi connectivity index (χ2n) is 5.84. The van der Waals surface area contributed by atoms with E-state index in [0.717, 1.165) is 24.3 Å². The first kappa shape index (κ1) is 14.8. The summed E-state index contributed by atoms with van der Waals surface area (Å²) in [4.78, 5) is 0. The molecule has 1 saturated carbocycles. The van der Waals surface area contributed by atoms with Gasteiger partial charge < -0.3 is 5.73 Å². The van der Waals surface area contributed by atoms with Crippen molar-refractivity contribution in [3.05, 3.63) is 34.6 Å². The van der Waals surface area contributed by atoms with Crippen molar-refractivity contribution >= 4 is 11.6 Å². The summed E-state index contributed by atoms with van der Waals surface area (Å²) in [5, 5.41) is 0.195. The third-order valence-corrected chi connectivity index (χ3v) is 4.64. The average Bonchev–Trinajstić information content (AvgIpc) is 2.38. The number of nitrogens with two attached hydrogens (primary N) is 1. The molecule has 0 bridgehead atoms. The van der Waals surface area contributed by atoms with Crippen molar-refractivity contribution in [2.24, 2.45) is 17.6 Å². The summed E-state index contributed by atoms with van der Waals surface area (Å²) in [5.41, 5.74) is 7.25. The molecule has 0 aliphatic heterocycles. The molecule has 0 aromatic heterocycles. The summed E-state index contributed by atoms with van der Waals surface area (Å²) >= 11 is 5.72. The maximum atomic E-state index is 13.5. The van der Waals surface area contributed by atoms with E-state index in [9.17, 15) is 4.39 Å². The number of rotatable bonds is 4. The van der Waals surface area contributed by atoms with Gasteiger partial charge in [-0.15, -0.1) is 0 Å². The Kier molecular flexibility index (Phi) is 5.23. The van der Waals surface area contributed by atoms with Gasteiger partial charge in [0.2, 0.25) is 0 Å². The van der Waals surface area contributed by atoms with Gasteiger partial charge in [-0.25, -0.2) is 4.39 Å². The van der Waals surface area contributed by atoms with Gasteiger partial charge in [0.25, 0.3) is 0 Å². The van der Waals surface area contributed by atoms with Crippen LogP contribution in [0.2, 0.25) is 5.02 Å². The van der Waals surface area contributed by atoms with E-state index in [2.05, 4.69) is 6.92 Å². The summed E-state index contributed by atoms with van der Waals surface area (Å²) in [5.74, 6) is 0.950. The Morgan fingerprint density at radius 1 is 1.37 bits per heavy atom. The highest BCUT2D eigenvalue weighted by molar-refractivity contribution is 6.30. The third kappa shape index (κ3) is 3.93. The molecule has 1 aromatic carbocycles. The second-order valence-corrected chi connectivity index (χ2v) is 6.25. The van der Waals surface area contributed by atoms with Gasteiger partial charge in [0.15, 0.2) is 0 Å². The first-order valence-corrected chi connectivity index (χ1v) is 7.67. The molecule has 3 heteroatoms. The summed E-state index contributed by atoms with van der Waals surface area (Å²) in [6.45, 7) is 2.23. The van der Waals surface area contributed by atoms with Crippen LogP contribution in [0.4, 0.5) is 4.39 Å². The molecule has 1 aromatic rings. The molecule has 0 amide bonds. The van der Waals surface area contributed by atoms with E-state index in [-0.39, 0.29) is 16.9 Å². The predicted molar refractivity (Wildman–Crippen MR) is 78.8 cm³/mol. The summed E-state index contributed by atoms with van der Waals surface area (Å²) in [6, 6.07) is 5.37. The van der Waals surface area contributed by atoms with Crippen molar-refractivity contribution in [3.8, 4) is 0 Å². The van der Waals surface area contributed by atoms with Crippen molar-refractivity contribution in [3.63, 3.8) is 0 Å². The van der Waals surface area contributed by atoms with Gasteiger partial charge in [-0.2, -0.15) is 0 Å². The van der Waals surface area contributed by atoms with E-state index in [1.54, 1.807) is 12.1 Å². The standard InChI is InChI=1S/C16H23ClFN/c1-2-3-11-5-7-16(19)13(8-11)9-12-4-6-14(17)15(18)10-12/h4,6,10-11,13,16H,2-3,5,7-9,19H2,1H3. The maximum Gasteiger partial charge on any atom is 0.142 e. The molecule has 2 rings (SSSR count). The molecule has 106 valence electrons. The van der Waals surface area contributed by atoms with Crippen LogP contribution < -0.4 is 5.73 Å². The number of hydrogen-bond acceptors (Lipinski definition) is 1. The first-order valence-electron chi connectivity index (χ1n) is 7.29. The largest absolute Gasteiger partial charge is 0.327 e. The minimum absolute atomic E-state index is 0.195. The molecule has 0 radical (unpaired) electrons. The fourth-order valence-electron chi connectivity index (χ4n) is 3.26. The molecular weight excluding hydrogens is 261 g/mol. The van der Waals surface area contributed by atoms with E-state index < -0.39 is 0 Å². The van der Waals surface area contributed by atoms with E-state index >= 15 is 0 Å². The predicted octanol–water partition coefficient (Wildman–Crippen LogP) is 4.57.